The third kappa shape index (κ3) is 1.88. The molecule has 4 rings (SSSR count). The van der Waals surface area contributed by atoms with Gasteiger partial charge < -0.3 is 13.9 Å². The maximum absolute atomic E-state index is 12.5. The van der Waals surface area contributed by atoms with Crippen molar-refractivity contribution >= 4 is 16.8 Å². The van der Waals surface area contributed by atoms with Crippen LogP contribution in [0.4, 0.5) is 0 Å². The van der Waals surface area contributed by atoms with E-state index in [0.29, 0.717) is 29.1 Å². The molecule has 110 valence electrons. The minimum atomic E-state index is -0.271. The number of hydrogen-bond acceptors (Lipinski definition) is 4. The quantitative estimate of drug-likeness (QED) is 0.712. The highest BCUT2D eigenvalue weighted by molar-refractivity contribution is 6.06. The Labute approximate surface area is 127 Å². The Hall–Kier alpha value is -2.75. The molecule has 0 N–H and O–H groups in total. The van der Waals surface area contributed by atoms with Gasteiger partial charge in [-0.25, -0.2) is 0 Å². The molecule has 0 spiro atoms. The largest absolute Gasteiger partial charge is 0.493 e. The van der Waals surface area contributed by atoms with Crippen LogP contribution in [0.1, 0.15) is 28.4 Å². The lowest BCUT2D eigenvalue weighted by atomic mass is 9.95. The van der Waals surface area contributed by atoms with Crippen molar-refractivity contribution in [1.29, 1.82) is 0 Å². The van der Waals surface area contributed by atoms with Crippen molar-refractivity contribution < 1.29 is 18.7 Å². The molecule has 1 aliphatic heterocycles. The molecule has 0 amide bonds. The molecule has 0 fully saturated rings. The van der Waals surface area contributed by atoms with Gasteiger partial charge in [0.1, 0.15) is 11.9 Å². The van der Waals surface area contributed by atoms with E-state index in [1.54, 1.807) is 25.5 Å². The van der Waals surface area contributed by atoms with Gasteiger partial charge in [-0.15, -0.1) is 0 Å². The van der Waals surface area contributed by atoms with Gasteiger partial charge in [0.25, 0.3) is 0 Å². The first-order valence-corrected chi connectivity index (χ1v) is 7.11. The maximum Gasteiger partial charge on any atom is 0.179 e. The smallest absolute Gasteiger partial charge is 0.179 e. The van der Waals surface area contributed by atoms with Crippen LogP contribution in [0.5, 0.6) is 11.5 Å². The molecule has 2 heterocycles. The first-order valence-electron chi connectivity index (χ1n) is 7.11. The van der Waals surface area contributed by atoms with Crippen molar-refractivity contribution in [2.75, 3.05) is 7.11 Å². The summed E-state index contributed by atoms with van der Waals surface area (Å²) in [4.78, 5) is 12.5. The molecule has 0 bridgehead atoms. The first kappa shape index (κ1) is 13.0. The van der Waals surface area contributed by atoms with Crippen molar-refractivity contribution in [2.24, 2.45) is 0 Å². The fourth-order valence-corrected chi connectivity index (χ4v) is 2.89. The fourth-order valence-electron chi connectivity index (χ4n) is 2.89. The molecule has 0 saturated carbocycles. The summed E-state index contributed by atoms with van der Waals surface area (Å²) in [5.74, 6) is 1.18. The van der Waals surface area contributed by atoms with Gasteiger partial charge in [-0.1, -0.05) is 30.3 Å². The summed E-state index contributed by atoms with van der Waals surface area (Å²) in [5, 5.41) is 0.767. The van der Waals surface area contributed by atoms with Gasteiger partial charge in [-0.05, 0) is 17.7 Å². The number of methoxy groups -OCH3 is 1. The lowest BCUT2D eigenvalue weighted by Crippen LogP contribution is -2.20. The molecule has 1 unspecified atom stereocenters. The SMILES string of the molecule is COc1cc2c(c3ccoc13)OC(c1ccccc1)CC2=O. The van der Waals surface area contributed by atoms with Crippen molar-refractivity contribution in [3.8, 4) is 11.5 Å². The van der Waals surface area contributed by atoms with Crippen LogP contribution in [0.25, 0.3) is 11.0 Å². The van der Waals surface area contributed by atoms with Gasteiger partial charge in [0.05, 0.1) is 30.7 Å². The number of hydrogen-bond donors (Lipinski definition) is 0. The van der Waals surface area contributed by atoms with Crippen LogP contribution in [0, 0.1) is 0 Å². The summed E-state index contributed by atoms with van der Waals surface area (Å²) >= 11 is 0. The van der Waals surface area contributed by atoms with E-state index in [1.807, 2.05) is 30.3 Å². The van der Waals surface area contributed by atoms with Crippen LogP contribution >= 0.6 is 0 Å². The van der Waals surface area contributed by atoms with Gasteiger partial charge in [0.15, 0.2) is 17.1 Å². The summed E-state index contributed by atoms with van der Waals surface area (Å²) in [6.45, 7) is 0. The van der Waals surface area contributed by atoms with E-state index in [1.165, 1.54) is 0 Å². The van der Waals surface area contributed by atoms with Gasteiger partial charge in [0, 0.05) is 0 Å². The molecule has 4 heteroatoms. The van der Waals surface area contributed by atoms with E-state index < -0.39 is 0 Å². The Morgan fingerprint density at radius 3 is 2.77 bits per heavy atom. The third-order valence-corrected chi connectivity index (χ3v) is 3.98. The van der Waals surface area contributed by atoms with Gasteiger partial charge in [0.2, 0.25) is 0 Å². The van der Waals surface area contributed by atoms with Crippen molar-refractivity contribution in [3.63, 3.8) is 0 Å². The average molecular weight is 294 g/mol. The van der Waals surface area contributed by atoms with E-state index in [9.17, 15) is 4.79 Å². The Kier molecular flexibility index (Phi) is 2.89. The molecular formula is C18H14O4. The van der Waals surface area contributed by atoms with E-state index in [2.05, 4.69) is 0 Å². The number of Topliss-reactive ketones (excluding diaryl/α,β-unsaturated/α-hetero) is 1. The van der Waals surface area contributed by atoms with Gasteiger partial charge in [-0.2, -0.15) is 0 Å². The molecule has 4 nitrogen and oxygen atoms in total. The Morgan fingerprint density at radius 2 is 2.00 bits per heavy atom. The van der Waals surface area contributed by atoms with Gasteiger partial charge >= 0.3 is 0 Å². The molecule has 1 aromatic heterocycles. The average Bonchev–Trinajstić information content (AvgIpc) is 3.05. The minimum absolute atomic E-state index is 0.0523. The number of ether oxygens (including phenoxy) is 2. The molecule has 0 aliphatic carbocycles. The zero-order chi connectivity index (χ0) is 15.1. The number of rotatable bonds is 2. The second kappa shape index (κ2) is 4.91. The first-order chi connectivity index (χ1) is 10.8. The highest BCUT2D eigenvalue weighted by Gasteiger charge is 2.31. The summed E-state index contributed by atoms with van der Waals surface area (Å²) < 4.78 is 16.9. The maximum atomic E-state index is 12.5. The number of carbonyl (C=O) groups excluding carboxylic acids is 1. The lowest BCUT2D eigenvalue weighted by Gasteiger charge is -2.26. The van der Waals surface area contributed by atoms with Crippen LogP contribution in [0.15, 0.2) is 53.1 Å². The van der Waals surface area contributed by atoms with Gasteiger partial charge in [-0.3, -0.25) is 4.79 Å². The fraction of sp³-hybridized carbons (Fsp3) is 0.167. The van der Waals surface area contributed by atoms with Crippen LogP contribution in [-0.2, 0) is 0 Å². The number of carbonyl (C=O) groups is 1. The topological polar surface area (TPSA) is 48.7 Å². The molecule has 2 aromatic carbocycles. The van der Waals surface area contributed by atoms with E-state index >= 15 is 0 Å². The van der Waals surface area contributed by atoms with Crippen molar-refractivity contribution in [2.45, 2.75) is 12.5 Å². The number of ketones is 1. The summed E-state index contributed by atoms with van der Waals surface area (Å²) in [5.41, 5.74) is 2.15. The highest BCUT2D eigenvalue weighted by Crippen LogP contribution is 2.43. The molecule has 3 aromatic rings. The van der Waals surface area contributed by atoms with Crippen LogP contribution < -0.4 is 9.47 Å². The summed E-state index contributed by atoms with van der Waals surface area (Å²) in [6.07, 6.45) is 1.63. The number of benzene rings is 2. The second-order valence-corrected chi connectivity index (χ2v) is 5.26. The normalized spacial score (nSPS) is 17.1. The summed E-state index contributed by atoms with van der Waals surface area (Å²) in [7, 11) is 1.56. The van der Waals surface area contributed by atoms with Crippen LogP contribution in [-0.4, -0.2) is 12.9 Å². The molecule has 0 saturated heterocycles. The van der Waals surface area contributed by atoms with E-state index in [-0.39, 0.29) is 11.9 Å². The summed E-state index contributed by atoms with van der Waals surface area (Å²) in [6, 6.07) is 13.3. The van der Waals surface area contributed by atoms with E-state index in [4.69, 9.17) is 13.9 Å². The zero-order valence-corrected chi connectivity index (χ0v) is 12.0. The monoisotopic (exact) mass is 294 g/mol. The lowest BCUT2D eigenvalue weighted by molar-refractivity contribution is 0.0853. The highest BCUT2D eigenvalue weighted by atomic mass is 16.5. The number of furan rings is 1. The molecule has 1 aliphatic rings. The molecule has 0 radical (unpaired) electrons. The Morgan fingerprint density at radius 1 is 1.18 bits per heavy atom. The van der Waals surface area contributed by atoms with E-state index in [0.717, 1.165) is 10.9 Å². The van der Waals surface area contributed by atoms with Crippen LogP contribution in [0.2, 0.25) is 0 Å². The van der Waals surface area contributed by atoms with Crippen molar-refractivity contribution in [1.82, 2.24) is 0 Å². The predicted molar refractivity (Wildman–Crippen MR) is 81.5 cm³/mol. The molecule has 1 atom stereocenters. The standard InChI is InChI=1S/C18H14O4/c1-20-16-9-13-14(19)10-15(11-5-3-2-4-6-11)22-17(13)12-7-8-21-18(12)16/h2-9,15H,10H2,1H3. The third-order valence-electron chi connectivity index (χ3n) is 3.98. The zero-order valence-electron chi connectivity index (χ0n) is 12.0. The minimum Gasteiger partial charge on any atom is -0.493 e. The Bertz CT molecular complexity index is 848. The number of fused-ring (bicyclic) bond motifs is 3. The Balaban J connectivity index is 1.87. The second-order valence-electron chi connectivity index (χ2n) is 5.26. The van der Waals surface area contributed by atoms with Crippen LogP contribution in [0.3, 0.4) is 0 Å². The molecule has 22 heavy (non-hydrogen) atoms. The molecular weight excluding hydrogens is 280 g/mol. The van der Waals surface area contributed by atoms with Crippen molar-refractivity contribution in [3.05, 3.63) is 59.9 Å². The predicted octanol–water partition coefficient (Wildman–Crippen LogP) is 4.15.